The van der Waals surface area contributed by atoms with Crippen molar-refractivity contribution < 1.29 is 17.9 Å². The Labute approximate surface area is 135 Å². The van der Waals surface area contributed by atoms with Crippen LogP contribution in [-0.4, -0.2) is 17.1 Å². The number of nitrogens with two attached hydrogens (primary N) is 1. The highest BCUT2D eigenvalue weighted by atomic mass is 19.2. The summed E-state index contributed by atoms with van der Waals surface area (Å²) < 4.78 is 48.6. The fourth-order valence-electron chi connectivity index (χ4n) is 2.40. The van der Waals surface area contributed by atoms with Crippen molar-refractivity contribution in [2.75, 3.05) is 18.2 Å². The van der Waals surface area contributed by atoms with Gasteiger partial charge in [-0.3, -0.25) is 0 Å². The van der Waals surface area contributed by atoms with Crippen LogP contribution in [0.15, 0.2) is 24.3 Å². The van der Waals surface area contributed by atoms with Crippen molar-refractivity contribution in [3.05, 3.63) is 47.5 Å². The van der Waals surface area contributed by atoms with Gasteiger partial charge in [-0.05, 0) is 19.1 Å². The van der Waals surface area contributed by atoms with E-state index in [0.717, 1.165) is 0 Å². The number of methoxy groups -OCH3 is 1. The van der Waals surface area contributed by atoms with Gasteiger partial charge in [0, 0.05) is 0 Å². The molecule has 5 nitrogen and oxygen atoms in total. The molecule has 0 saturated heterocycles. The number of fused-ring (bicyclic) bond motifs is 1. The lowest BCUT2D eigenvalue weighted by Gasteiger charge is -2.14. The summed E-state index contributed by atoms with van der Waals surface area (Å²) in [6.45, 7) is 1.48. The molecule has 0 spiro atoms. The van der Waals surface area contributed by atoms with E-state index in [0.29, 0.717) is 5.75 Å². The first-order valence-electron chi connectivity index (χ1n) is 6.94. The van der Waals surface area contributed by atoms with Crippen LogP contribution < -0.4 is 15.8 Å². The highest BCUT2D eigenvalue weighted by Gasteiger charge is 2.24. The van der Waals surface area contributed by atoms with E-state index in [9.17, 15) is 13.2 Å². The first kappa shape index (κ1) is 15.9. The molecule has 0 aliphatic carbocycles. The van der Waals surface area contributed by atoms with Gasteiger partial charge >= 0.3 is 0 Å². The Balaban J connectivity index is 2.25. The zero-order valence-corrected chi connectivity index (χ0v) is 12.8. The molecule has 0 fully saturated rings. The first-order chi connectivity index (χ1) is 11.4. The monoisotopic (exact) mass is 334 g/mol. The Kier molecular flexibility index (Phi) is 3.88. The zero-order chi connectivity index (χ0) is 17.4. The molecular weight excluding hydrogens is 321 g/mol. The minimum atomic E-state index is -1.41. The van der Waals surface area contributed by atoms with Crippen molar-refractivity contribution in [3.63, 3.8) is 0 Å². The number of hydrogen-bond donors (Lipinski definition) is 2. The minimum absolute atomic E-state index is 0.146. The molecule has 1 heterocycles. The number of anilines is 3. The standard InChI is InChI=1S/C16H13F3N4O/c1-7-21-14-10(16(20)22-7)11(17)12(18)15(13(14)19)23-8-5-3-4-6-9(8)24-2/h3-6,23H,1-2H3,(H2,20,21,22). The third-order valence-electron chi connectivity index (χ3n) is 3.47. The van der Waals surface area contributed by atoms with Gasteiger partial charge < -0.3 is 15.8 Å². The molecule has 0 radical (unpaired) electrons. The molecule has 0 aliphatic rings. The topological polar surface area (TPSA) is 73.1 Å². The fourth-order valence-corrected chi connectivity index (χ4v) is 2.40. The Morgan fingerprint density at radius 3 is 2.46 bits per heavy atom. The predicted molar refractivity (Wildman–Crippen MR) is 84.8 cm³/mol. The van der Waals surface area contributed by atoms with Gasteiger partial charge in [0.1, 0.15) is 28.6 Å². The number of nitrogens with one attached hydrogen (secondary N) is 1. The van der Waals surface area contributed by atoms with Crippen molar-refractivity contribution >= 4 is 28.1 Å². The maximum atomic E-state index is 14.7. The third-order valence-corrected chi connectivity index (χ3v) is 3.47. The lowest BCUT2D eigenvalue weighted by Crippen LogP contribution is -2.07. The molecule has 2 aromatic carbocycles. The lowest BCUT2D eigenvalue weighted by atomic mass is 10.1. The minimum Gasteiger partial charge on any atom is -0.495 e. The molecule has 124 valence electrons. The quantitative estimate of drug-likeness (QED) is 0.715. The van der Waals surface area contributed by atoms with Crippen LogP contribution in [0.4, 0.5) is 30.4 Å². The smallest absolute Gasteiger partial charge is 0.186 e. The van der Waals surface area contributed by atoms with E-state index in [1.54, 1.807) is 24.3 Å². The van der Waals surface area contributed by atoms with E-state index in [1.807, 2.05) is 0 Å². The van der Waals surface area contributed by atoms with Gasteiger partial charge in [-0.2, -0.15) is 0 Å². The number of nitrogen functional groups attached to an aromatic ring is 1. The zero-order valence-electron chi connectivity index (χ0n) is 12.8. The summed E-state index contributed by atoms with van der Waals surface area (Å²) in [7, 11) is 1.41. The number of hydrogen-bond acceptors (Lipinski definition) is 5. The van der Waals surface area contributed by atoms with Crippen LogP contribution >= 0.6 is 0 Å². The molecule has 3 N–H and O–H groups in total. The Hall–Kier alpha value is -3.03. The highest BCUT2D eigenvalue weighted by molar-refractivity contribution is 5.92. The summed E-state index contributed by atoms with van der Waals surface area (Å²) in [5.74, 6) is -3.63. The van der Waals surface area contributed by atoms with Crippen LogP contribution in [-0.2, 0) is 0 Å². The second-order valence-electron chi connectivity index (χ2n) is 5.02. The maximum Gasteiger partial charge on any atom is 0.186 e. The Bertz CT molecular complexity index is 946. The highest BCUT2D eigenvalue weighted by Crippen LogP contribution is 2.36. The third kappa shape index (κ3) is 2.45. The fraction of sp³-hybridized carbons (Fsp3) is 0.125. The normalized spacial score (nSPS) is 10.9. The van der Waals surface area contributed by atoms with E-state index in [2.05, 4.69) is 15.3 Å². The van der Waals surface area contributed by atoms with Gasteiger partial charge in [-0.15, -0.1) is 0 Å². The number of aromatic nitrogens is 2. The molecule has 8 heteroatoms. The number of halogens is 3. The number of rotatable bonds is 3. The van der Waals surface area contributed by atoms with Crippen LogP contribution in [0.3, 0.4) is 0 Å². The molecule has 0 bridgehead atoms. The van der Waals surface area contributed by atoms with Gasteiger partial charge in [0.15, 0.2) is 17.5 Å². The molecule has 1 aromatic heterocycles. The Morgan fingerprint density at radius 2 is 1.75 bits per heavy atom. The number of para-hydroxylation sites is 2. The number of ether oxygens (including phenoxy) is 1. The van der Waals surface area contributed by atoms with Gasteiger partial charge in [-0.25, -0.2) is 23.1 Å². The SMILES string of the molecule is COc1ccccc1Nc1c(F)c(F)c2c(N)nc(C)nc2c1F. The van der Waals surface area contributed by atoms with Gasteiger partial charge in [-0.1, -0.05) is 12.1 Å². The second kappa shape index (κ2) is 5.88. The van der Waals surface area contributed by atoms with E-state index >= 15 is 0 Å². The first-order valence-corrected chi connectivity index (χ1v) is 6.94. The van der Waals surface area contributed by atoms with E-state index in [4.69, 9.17) is 10.5 Å². The average Bonchev–Trinajstić information content (AvgIpc) is 2.56. The average molecular weight is 334 g/mol. The molecule has 24 heavy (non-hydrogen) atoms. The Morgan fingerprint density at radius 1 is 1.04 bits per heavy atom. The lowest BCUT2D eigenvalue weighted by molar-refractivity contribution is 0.416. The maximum absolute atomic E-state index is 14.7. The molecular formula is C16H13F3N4O. The molecule has 0 atom stereocenters. The van der Waals surface area contributed by atoms with Gasteiger partial charge in [0.05, 0.1) is 18.2 Å². The van der Waals surface area contributed by atoms with Crippen molar-refractivity contribution in [1.82, 2.24) is 9.97 Å². The van der Waals surface area contributed by atoms with Crippen molar-refractivity contribution in [2.45, 2.75) is 6.92 Å². The van der Waals surface area contributed by atoms with Crippen LogP contribution in [0.5, 0.6) is 5.75 Å². The summed E-state index contributed by atoms with van der Waals surface area (Å²) in [4.78, 5) is 7.58. The second-order valence-corrected chi connectivity index (χ2v) is 5.02. The summed E-state index contributed by atoms with van der Waals surface area (Å²) in [5, 5.41) is 2.03. The summed E-state index contributed by atoms with van der Waals surface area (Å²) in [6, 6.07) is 6.47. The summed E-state index contributed by atoms with van der Waals surface area (Å²) in [5.41, 5.74) is 4.78. The van der Waals surface area contributed by atoms with Crippen molar-refractivity contribution in [3.8, 4) is 5.75 Å². The summed E-state index contributed by atoms with van der Waals surface area (Å²) >= 11 is 0. The van der Waals surface area contributed by atoms with Gasteiger partial charge in [0.2, 0.25) is 0 Å². The number of benzene rings is 2. The summed E-state index contributed by atoms with van der Waals surface area (Å²) in [6.07, 6.45) is 0. The number of aryl methyl sites for hydroxylation is 1. The molecule has 3 aromatic rings. The van der Waals surface area contributed by atoms with E-state index in [-0.39, 0.29) is 17.3 Å². The van der Waals surface area contributed by atoms with Crippen molar-refractivity contribution in [1.29, 1.82) is 0 Å². The molecule has 0 amide bonds. The molecule has 0 aliphatic heterocycles. The molecule has 0 saturated carbocycles. The van der Waals surface area contributed by atoms with Crippen LogP contribution in [0.1, 0.15) is 5.82 Å². The van der Waals surface area contributed by atoms with E-state index in [1.165, 1.54) is 14.0 Å². The van der Waals surface area contributed by atoms with Crippen LogP contribution in [0.25, 0.3) is 10.9 Å². The van der Waals surface area contributed by atoms with Crippen LogP contribution in [0.2, 0.25) is 0 Å². The largest absolute Gasteiger partial charge is 0.495 e. The van der Waals surface area contributed by atoms with Crippen LogP contribution in [0, 0.1) is 24.4 Å². The van der Waals surface area contributed by atoms with Gasteiger partial charge in [0.25, 0.3) is 0 Å². The number of nitrogens with zero attached hydrogens (tertiary/aromatic N) is 2. The van der Waals surface area contributed by atoms with E-state index < -0.39 is 34.0 Å². The molecule has 0 unspecified atom stereocenters. The predicted octanol–water partition coefficient (Wildman–Crippen LogP) is 3.69. The molecule has 3 rings (SSSR count). The van der Waals surface area contributed by atoms with Crippen molar-refractivity contribution in [2.24, 2.45) is 0 Å².